The van der Waals surface area contributed by atoms with Gasteiger partial charge in [0.25, 0.3) is 0 Å². The Balaban J connectivity index is 2.45. The van der Waals surface area contributed by atoms with Crippen molar-refractivity contribution in [2.24, 2.45) is 0 Å². The second-order valence-electron chi connectivity index (χ2n) is 6.63. The molecule has 0 spiro atoms. The zero-order valence-corrected chi connectivity index (χ0v) is 14.4. The predicted molar refractivity (Wildman–Crippen MR) is 74.3 cm³/mol. The minimum absolute atomic E-state index is 0.346. The molecule has 0 heterocycles. The molecular weight excluding hydrogens is 283 g/mol. The van der Waals surface area contributed by atoms with E-state index in [4.69, 9.17) is 0 Å². The van der Waals surface area contributed by atoms with E-state index in [0.717, 1.165) is 0 Å². The van der Waals surface area contributed by atoms with Crippen LogP contribution in [0.15, 0.2) is 47.6 Å². The molecule has 92 valence electrons. The van der Waals surface area contributed by atoms with E-state index in [1.165, 1.54) is 11.1 Å². The van der Waals surface area contributed by atoms with Gasteiger partial charge in [-0.3, -0.25) is 0 Å². The van der Waals surface area contributed by atoms with Crippen molar-refractivity contribution in [2.75, 3.05) is 0 Å². The van der Waals surface area contributed by atoms with E-state index in [-0.39, 0.29) is 0 Å². The Morgan fingerprint density at radius 1 is 0.824 bits per heavy atom. The average Bonchev–Trinajstić information content (AvgIpc) is 2.73. The van der Waals surface area contributed by atoms with Crippen molar-refractivity contribution in [1.29, 1.82) is 0 Å². The van der Waals surface area contributed by atoms with Crippen LogP contribution in [0.1, 0.15) is 27.7 Å². The van der Waals surface area contributed by atoms with E-state index in [1.54, 1.807) is 0 Å². The molecule has 0 fully saturated rings. The van der Waals surface area contributed by atoms with Crippen LogP contribution < -0.4 is 0 Å². The maximum atomic E-state index is 2.59. The summed E-state index contributed by atoms with van der Waals surface area (Å²) in [6, 6.07) is 0. The molecule has 0 radical (unpaired) electrons. The third-order valence-electron chi connectivity index (χ3n) is 5.13. The van der Waals surface area contributed by atoms with Crippen molar-refractivity contribution in [2.45, 2.75) is 43.2 Å². The quantitative estimate of drug-likeness (QED) is 0.620. The van der Waals surface area contributed by atoms with Crippen LogP contribution in [-0.4, -0.2) is 0 Å². The van der Waals surface area contributed by atoms with Gasteiger partial charge in [0.15, 0.2) is 0 Å². The number of hydrogen-bond acceptors (Lipinski definition) is 0. The molecular formula is C16H24Zr. The Kier molecular flexibility index (Phi) is 3.06. The van der Waals surface area contributed by atoms with Gasteiger partial charge in [0, 0.05) is 0 Å². The van der Waals surface area contributed by atoms with E-state index in [9.17, 15) is 0 Å². The van der Waals surface area contributed by atoms with E-state index in [0.29, 0.717) is 6.25 Å². The van der Waals surface area contributed by atoms with E-state index in [2.05, 4.69) is 73.4 Å². The van der Waals surface area contributed by atoms with Crippen LogP contribution in [0.2, 0.25) is 15.5 Å². The third kappa shape index (κ3) is 1.91. The molecule has 2 aliphatic rings. The fraction of sp³-hybridized carbons (Fsp3) is 0.500. The van der Waals surface area contributed by atoms with Gasteiger partial charge >= 0.3 is 111 Å². The molecule has 0 nitrogen and oxygen atoms in total. The molecule has 0 aromatic heterocycles. The summed E-state index contributed by atoms with van der Waals surface area (Å²) in [5.74, 6) is 0. The Morgan fingerprint density at radius 3 is 1.41 bits per heavy atom. The van der Waals surface area contributed by atoms with Gasteiger partial charge in [-0.2, -0.15) is 0 Å². The standard InChI is InChI=1S/2C7H9.2CH3.Zr/c2*1-6-3-4-7(2)5-6;;;/h2*3-5H,1-2H3;2*1H3;. The van der Waals surface area contributed by atoms with Crippen molar-refractivity contribution in [3.63, 3.8) is 0 Å². The van der Waals surface area contributed by atoms with Gasteiger partial charge in [-0.05, 0) is 0 Å². The first-order valence-corrected chi connectivity index (χ1v) is 13.9. The SMILES string of the molecule is CC1=C[C](C)([Zr]([CH3])([CH3])[C]2(C)C=CC(C)=C2)C=C1. The summed E-state index contributed by atoms with van der Waals surface area (Å²) in [7, 11) is 0. The van der Waals surface area contributed by atoms with Crippen LogP contribution in [0.3, 0.4) is 0 Å². The Morgan fingerprint density at radius 2 is 1.18 bits per heavy atom. The molecule has 0 bridgehead atoms. The predicted octanol–water partition coefficient (Wildman–Crippen LogP) is 5.63. The fourth-order valence-electron chi connectivity index (χ4n) is 3.11. The molecule has 2 rings (SSSR count). The molecule has 2 unspecified atom stereocenters. The summed E-state index contributed by atoms with van der Waals surface area (Å²) < 4.78 is 5.87. The summed E-state index contributed by atoms with van der Waals surface area (Å²) in [4.78, 5) is 0. The minimum atomic E-state index is -2.35. The van der Waals surface area contributed by atoms with Crippen LogP contribution in [0.25, 0.3) is 0 Å². The number of rotatable bonds is 2. The van der Waals surface area contributed by atoms with Crippen LogP contribution in [0, 0.1) is 0 Å². The Labute approximate surface area is 111 Å². The van der Waals surface area contributed by atoms with Crippen LogP contribution in [-0.2, 0) is 20.3 Å². The molecule has 0 saturated heterocycles. The first-order valence-electron chi connectivity index (χ1n) is 6.48. The zero-order chi connectivity index (χ0) is 12.9. The van der Waals surface area contributed by atoms with Gasteiger partial charge in [0.05, 0.1) is 0 Å². The number of hydrogen-bond donors (Lipinski definition) is 0. The zero-order valence-electron chi connectivity index (χ0n) is 12.0. The summed E-state index contributed by atoms with van der Waals surface area (Å²) in [5.41, 5.74) is 2.87. The van der Waals surface area contributed by atoms with Crippen LogP contribution in [0.4, 0.5) is 0 Å². The second-order valence-corrected chi connectivity index (χ2v) is 19.9. The molecule has 0 N–H and O–H groups in total. The third-order valence-corrected chi connectivity index (χ3v) is 19.9. The normalized spacial score (nSPS) is 36.4. The van der Waals surface area contributed by atoms with E-state index in [1.807, 2.05) is 0 Å². The van der Waals surface area contributed by atoms with E-state index >= 15 is 0 Å². The Bertz CT molecular complexity index is 420. The van der Waals surface area contributed by atoms with Gasteiger partial charge in [-0.25, -0.2) is 0 Å². The molecule has 17 heavy (non-hydrogen) atoms. The van der Waals surface area contributed by atoms with Gasteiger partial charge < -0.3 is 0 Å². The molecule has 0 saturated carbocycles. The summed E-state index contributed by atoms with van der Waals surface area (Å²) >= 11 is -2.35. The van der Waals surface area contributed by atoms with Crippen LogP contribution in [0.5, 0.6) is 0 Å². The molecule has 0 aromatic carbocycles. The molecule has 1 heteroatoms. The molecule has 0 aromatic rings. The van der Waals surface area contributed by atoms with Crippen molar-refractivity contribution in [1.82, 2.24) is 0 Å². The topological polar surface area (TPSA) is 0 Å². The van der Waals surface area contributed by atoms with E-state index < -0.39 is 20.3 Å². The monoisotopic (exact) mass is 306 g/mol. The molecule has 0 amide bonds. The second kappa shape index (κ2) is 3.92. The van der Waals surface area contributed by atoms with Crippen molar-refractivity contribution in [3.8, 4) is 0 Å². The van der Waals surface area contributed by atoms with Crippen molar-refractivity contribution < 1.29 is 20.3 Å². The average molecular weight is 308 g/mol. The first kappa shape index (κ1) is 13.3. The van der Waals surface area contributed by atoms with Crippen LogP contribution >= 0.6 is 0 Å². The maximum absolute atomic E-state index is 2.59. The summed E-state index contributed by atoms with van der Waals surface area (Å²) in [6.07, 6.45) is 14.5. The molecule has 2 aliphatic carbocycles. The van der Waals surface area contributed by atoms with Gasteiger partial charge in [-0.1, -0.05) is 0 Å². The summed E-state index contributed by atoms with van der Waals surface area (Å²) in [6.45, 7) is 9.32. The van der Waals surface area contributed by atoms with Gasteiger partial charge in [-0.15, -0.1) is 0 Å². The summed E-state index contributed by atoms with van der Waals surface area (Å²) in [5, 5.41) is 0. The number of allylic oxidation sites excluding steroid dienone is 8. The molecule has 2 atom stereocenters. The van der Waals surface area contributed by atoms with Gasteiger partial charge in [0.2, 0.25) is 0 Å². The first-order chi connectivity index (χ1) is 7.70. The van der Waals surface area contributed by atoms with Gasteiger partial charge in [0.1, 0.15) is 0 Å². The van der Waals surface area contributed by atoms with Crippen molar-refractivity contribution in [3.05, 3.63) is 47.6 Å². The molecule has 0 aliphatic heterocycles. The van der Waals surface area contributed by atoms with Crippen molar-refractivity contribution >= 4 is 0 Å². The fourth-order valence-corrected chi connectivity index (χ4v) is 11.3. The Hall–Kier alpha value is -0.157.